The largest absolute Gasteiger partial charge is 0.461 e. The van der Waals surface area contributed by atoms with E-state index in [0.29, 0.717) is 18.8 Å². The van der Waals surface area contributed by atoms with E-state index in [1.807, 2.05) is 19.0 Å². The molecule has 1 aromatic rings. The number of esters is 1. The second kappa shape index (κ2) is 11.8. The van der Waals surface area contributed by atoms with Crippen LogP contribution in [0.25, 0.3) is 0 Å². The van der Waals surface area contributed by atoms with Gasteiger partial charge in [-0.05, 0) is 38.7 Å². The van der Waals surface area contributed by atoms with Crippen molar-refractivity contribution in [3.63, 3.8) is 0 Å². The van der Waals surface area contributed by atoms with Crippen LogP contribution in [0.15, 0.2) is 18.2 Å². The predicted octanol–water partition coefficient (Wildman–Crippen LogP) is 4.32. The van der Waals surface area contributed by atoms with Gasteiger partial charge in [0.1, 0.15) is 12.4 Å². The fraction of sp³-hybridized carbons (Fsp3) is 0.632. The lowest BCUT2D eigenvalue weighted by Gasteiger charge is -2.11. The third-order valence-electron chi connectivity index (χ3n) is 3.82. The van der Waals surface area contributed by atoms with Crippen molar-refractivity contribution in [2.45, 2.75) is 45.4 Å². The van der Waals surface area contributed by atoms with Crippen LogP contribution in [0.2, 0.25) is 0 Å². The molecule has 0 spiro atoms. The van der Waals surface area contributed by atoms with E-state index >= 15 is 0 Å². The van der Waals surface area contributed by atoms with E-state index in [9.17, 15) is 9.18 Å². The van der Waals surface area contributed by atoms with Crippen molar-refractivity contribution in [1.29, 1.82) is 0 Å². The number of hydrogen-bond acceptors (Lipinski definition) is 4. The predicted molar refractivity (Wildman–Crippen MR) is 97.1 cm³/mol. The fourth-order valence-electron chi connectivity index (χ4n) is 2.32. The summed E-state index contributed by atoms with van der Waals surface area (Å²) < 4.78 is 19.2. The number of benzene rings is 1. The van der Waals surface area contributed by atoms with Crippen LogP contribution in [0.4, 0.5) is 10.1 Å². The first-order chi connectivity index (χ1) is 11.5. The van der Waals surface area contributed by atoms with Gasteiger partial charge in [-0.2, -0.15) is 0 Å². The zero-order chi connectivity index (χ0) is 17.8. The van der Waals surface area contributed by atoms with Crippen LogP contribution in [0.3, 0.4) is 0 Å². The zero-order valence-electron chi connectivity index (χ0n) is 15.2. The minimum atomic E-state index is -0.488. The lowest BCUT2D eigenvalue weighted by molar-refractivity contribution is 0.0481. The van der Waals surface area contributed by atoms with Crippen LogP contribution in [0.5, 0.6) is 0 Å². The summed E-state index contributed by atoms with van der Waals surface area (Å²) in [6.07, 6.45) is 7.22. The van der Waals surface area contributed by atoms with Crippen molar-refractivity contribution in [3.8, 4) is 0 Å². The monoisotopic (exact) mass is 338 g/mol. The molecule has 0 fully saturated rings. The van der Waals surface area contributed by atoms with Gasteiger partial charge in [-0.1, -0.05) is 39.0 Å². The Kier molecular flexibility index (Phi) is 10.1. The molecular formula is C19H31FN2O2. The molecule has 1 rings (SSSR count). The van der Waals surface area contributed by atoms with Gasteiger partial charge in [0.25, 0.3) is 0 Å². The number of hydrogen-bond donors (Lipinski definition) is 1. The van der Waals surface area contributed by atoms with Crippen LogP contribution in [-0.2, 0) is 4.74 Å². The van der Waals surface area contributed by atoms with Crippen molar-refractivity contribution in [3.05, 3.63) is 29.6 Å². The first-order valence-electron chi connectivity index (χ1n) is 8.90. The van der Waals surface area contributed by atoms with Gasteiger partial charge in [0, 0.05) is 13.1 Å². The molecule has 0 aliphatic heterocycles. The van der Waals surface area contributed by atoms with Crippen LogP contribution in [-0.4, -0.2) is 44.7 Å². The Labute approximate surface area is 145 Å². The van der Waals surface area contributed by atoms with E-state index < -0.39 is 11.8 Å². The summed E-state index contributed by atoms with van der Waals surface area (Å²) >= 11 is 0. The summed E-state index contributed by atoms with van der Waals surface area (Å²) in [4.78, 5) is 13.8. The Hall–Kier alpha value is -1.62. The van der Waals surface area contributed by atoms with Crippen LogP contribution >= 0.6 is 0 Å². The number of carbonyl (C=O) groups excluding carboxylic acids is 1. The van der Waals surface area contributed by atoms with Gasteiger partial charge in [0.15, 0.2) is 0 Å². The molecule has 1 aromatic carbocycles. The van der Waals surface area contributed by atoms with Crippen LogP contribution in [0.1, 0.15) is 55.8 Å². The van der Waals surface area contributed by atoms with Gasteiger partial charge < -0.3 is 15.0 Å². The average Bonchev–Trinajstić information content (AvgIpc) is 2.54. The molecule has 0 heterocycles. The number of ether oxygens (including phenoxy) is 1. The smallest absolute Gasteiger partial charge is 0.338 e. The molecule has 0 saturated carbocycles. The summed E-state index contributed by atoms with van der Waals surface area (Å²) in [5, 5.41) is 3.09. The summed E-state index contributed by atoms with van der Waals surface area (Å²) in [6, 6.07) is 4.45. The molecule has 0 aliphatic carbocycles. The molecule has 1 N–H and O–H groups in total. The van der Waals surface area contributed by atoms with E-state index in [0.717, 1.165) is 19.4 Å². The van der Waals surface area contributed by atoms with Crippen molar-refractivity contribution in [1.82, 2.24) is 4.90 Å². The Bertz CT molecular complexity index is 492. The molecule has 136 valence electrons. The Morgan fingerprint density at radius 1 is 1.17 bits per heavy atom. The second-order valence-corrected chi connectivity index (χ2v) is 6.33. The van der Waals surface area contributed by atoms with Gasteiger partial charge in [0.05, 0.1) is 11.3 Å². The van der Waals surface area contributed by atoms with Crippen LogP contribution in [0, 0.1) is 5.82 Å². The van der Waals surface area contributed by atoms with Crippen molar-refractivity contribution >= 4 is 11.7 Å². The van der Waals surface area contributed by atoms with Gasteiger partial charge >= 0.3 is 5.97 Å². The topological polar surface area (TPSA) is 41.6 Å². The molecule has 0 aliphatic rings. The lowest BCUT2D eigenvalue weighted by Crippen LogP contribution is -2.20. The highest BCUT2D eigenvalue weighted by molar-refractivity contribution is 5.89. The SMILES string of the molecule is CCCCCCCCNc1ccc(C(=O)OCCN(C)C)cc1F. The highest BCUT2D eigenvalue weighted by Gasteiger charge is 2.11. The van der Waals surface area contributed by atoms with Gasteiger partial charge in [0.2, 0.25) is 0 Å². The Morgan fingerprint density at radius 2 is 1.88 bits per heavy atom. The number of carbonyl (C=O) groups is 1. The normalized spacial score (nSPS) is 10.9. The summed E-state index contributed by atoms with van der Waals surface area (Å²) in [5.74, 6) is -0.902. The van der Waals surface area contributed by atoms with Gasteiger partial charge in [-0.25, -0.2) is 9.18 Å². The van der Waals surface area contributed by atoms with E-state index in [-0.39, 0.29) is 5.56 Å². The maximum atomic E-state index is 14.1. The Morgan fingerprint density at radius 3 is 2.54 bits per heavy atom. The number of halogens is 1. The van der Waals surface area contributed by atoms with Crippen molar-refractivity contribution < 1.29 is 13.9 Å². The quantitative estimate of drug-likeness (QED) is 0.455. The summed E-state index contributed by atoms with van der Waals surface area (Å²) in [5.41, 5.74) is 0.685. The summed E-state index contributed by atoms with van der Waals surface area (Å²) in [7, 11) is 3.80. The molecule has 0 radical (unpaired) electrons. The lowest BCUT2D eigenvalue weighted by atomic mass is 10.1. The third kappa shape index (κ3) is 8.29. The van der Waals surface area contributed by atoms with Crippen molar-refractivity contribution in [2.75, 3.05) is 39.1 Å². The van der Waals surface area contributed by atoms with E-state index in [4.69, 9.17) is 4.74 Å². The van der Waals surface area contributed by atoms with Gasteiger partial charge in [-0.15, -0.1) is 0 Å². The number of nitrogens with zero attached hydrogens (tertiary/aromatic N) is 1. The average molecular weight is 338 g/mol. The molecule has 0 unspecified atom stereocenters. The number of likely N-dealkylation sites (N-methyl/N-ethyl adjacent to an activating group) is 1. The molecule has 0 bridgehead atoms. The van der Waals surface area contributed by atoms with Crippen molar-refractivity contribution in [2.24, 2.45) is 0 Å². The second-order valence-electron chi connectivity index (χ2n) is 6.33. The van der Waals surface area contributed by atoms with Crippen LogP contribution < -0.4 is 5.32 Å². The molecule has 24 heavy (non-hydrogen) atoms. The maximum Gasteiger partial charge on any atom is 0.338 e. The first kappa shape index (κ1) is 20.4. The maximum absolute atomic E-state index is 14.1. The molecule has 0 amide bonds. The van der Waals surface area contributed by atoms with Gasteiger partial charge in [-0.3, -0.25) is 0 Å². The molecular weight excluding hydrogens is 307 g/mol. The third-order valence-corrected chi connectivity index (χ3v) is 3.82. The van der Waals surface area contributed by atoms with E-state index in [2.05, 4.69) is 12.2 Å². The summed E-state index contributed by atoms with van der Waals surface area (Å²) in [6.45, 7) is 3.89. The zero-order valence-corrected chi connectivity index (χ0v) is 15.2. The molecule has 0 saturated heterocycles. The highest BCUT2D eigenvalue weighted by Crippen LogP contribution is 2.17. The number of anilines is 1. The molecule has 4 nitrogen and oxygen atoms in total. The standard InChI is InChI=1S/C19H31FN2O2/c1-4-5-6-7-8-9-12-21-18-11-10-16(15-17(18)20)19(23)24-14-13-22(2)3/h10-11,15,21H,4-9,12-14H2,1-3H3. The first-order valence-corrected chi connectivity index (χ1v) is 8.90. The minimum Gasteiger partial charge on any atom is -0.461 e. The molecule has 0 atom stereocenters. The highest BCUT2D eigenvalue weighted by atomic mass is 19.1. The number of rotatable bonds is 12. The molecule has 5 heteroatoms. The van der Waals surface area contributed by atoms with E-state index in [1.54, 1.807) is 12.1 Å². The Balaban J connectivity index is 2.34. The minimum absolute atomic E-state index is 0.247. The number of unbranched alkanes of at least 4 members (excludes halogenated alkanes) is 5. The number of nitrogens with one attached hydrogen (secondary N) is 1. The molecule has 0 aromatic heterocycles. The van der Waals surface area contributed by atoms with E-state index in [1.165, 1.54) is 31.7 Å². The fourth-order valence-corrected chi connectivity index (χ4v) is 2.32.